The van der Waals surface area contributed by atoms with Gasteiger partial charge in [0.25, 0.3) is 0 Å². The maximum absolute atomic E-state index is 12.3. The molecule has 0 aromatic heterocycles. The Kier molecular flexibility index (Phi) is 6.09. The van der Waals surface area contributed by atoms with E-state index in [0.29, 0.717) is 6.54 Å². The lowest BCUT2D eigenvalue weighted by atomic mass is 10.4. The summed E-state index contributed by atoms with van der Waals surface area (Å²) in [5, 5.41) is 17.4. The zero-order chi connectivity index (χ0) is 14.3. The van der Waals surface area contributed by atoms with E-state index in [9.17, 15) is 9.59 Å². The van der Waals surface area contributed by atoms with E-state index in [-0.39, 0.29) is 38.2 Å². The molecule has 0 aliphatic heterocycles. The van der Waals surface area contributed by atoms with Gasteiger partial charge in [-0.1, -0.05) is 0 Å². The standard InChI is InChI=1S/C12H19N3O4/c1-19-8-7-14(9-11(16)17)12(18)15(6-2-5-13)10-3-4-10/h10H,2-4,6-9H2,1H3,(H,16,17). The van der Waals surface area contributed by atoms with Gasteiger partial charge in [0.05, 0.1) is 19.1 Å². The highest BCUT2D eigenvalue weighted by Crippen LogP contribution is 2.27. The molecule has 0 spiro atoms. The Morgan fingerprint density at radius 2 is 2.11 bits per heavy atom. The summed E-state index contributed by atoms with van der Waals surface area (Å²) in [6.07, 6.45) is 2.10. The largest absolute Gasteiger partial charge is 0.480 e. The number of aliphatic carboxylic acids is 1. The summed E-state index contributed by atoms with van der Waals surface area (Å²) in [5.41, 5.74) is 0. The average molecular weight is 269 g/mol. The Labute approximate surface area is 112 Å². The fourth-order valence-corrected chi connectivity index (χ4v) is 1.78. The van der Waals surface area contributed by atoms with Gasteiger partial charge in [0, 0.05) is 26.2 Å². The Balaban J connectivity index is 2.64. The minimum atomic E-state index is -1.06. The highest BCUT2D eigenvalue weighted by atomic mass is 16.5. The number of carbonyl (C=O) groups excluding carboxylic acids is 1. The van der Waals surface area contributed by atoms with E-state index in [2.05, 4.69) is 0 Å². The number of nitrogens with zero attached hydrogens (tertiary/aromatic N) is 3. The molecular weight excluding hydrogens is 250 g/mol. The van der Waals surface area contributed by atoms with Gasteiger partial charge in [0.1, 0.15) is 6.54 Å². The minimum Gasteiger partial charge on any atom is -0.480 e. The maximum atomic E-state index is 12.3. The predicted molar refractivity (Wildman–Crippen MR) is 66.4 cm³/mol. The van der Waals surface area contributed by atoms with Crippen LogP contribution in [-0.4, -0.2) is 66.3 Å². The molecule has 106 valence electrons. The molecule has 1 fully saturated rings. The molecule has 7 nitrogen and oxygen atoms in total. The molecular formula is C12H19N3O4. The molecule has 0 bridgehead atoms. The first kappa shape index (κ1) is 15.2. The third kappa shape index (κ3) is 5.14. The van der Waals surface area contributed by atoms with Crippen molar-refractivity contribution < 1.29 is 19.4 Å². The van der Waals surface area contributed by atoms with Crippen molar-refractivity contribution in [2.75, 3.05) is 33.4 Å². The summed E-state index contributed by atoms with van der Waals surface area (Å²) in [7, 11) is 1.50. The lowest BCUT2D eigenvalue weighted by Crippen LogP contribution is -2.47. The number of carboxylic acid groups (broad SMARTS) is 1. The van der Waals surface area contributed by atoms with E-state index in [1.54, 1.807) is 4.90 Å². The van der Waals surface area contributed by atoms with Crippen molar-refractivity contribution in [1.82, 2.24) is 9.80 Å². The second-order valence-electron chi connectivity index (χ2n) is 4.42. The Bertz CT molecular complexity index is 362. The first-order chi connectivity index (χ1) is 9.10. The molecule has 19 heavy (non-hydrogen) atoms. The molecule has 7 heteroatoms. The summed E-state index contributed by atoms with van der Waals surface area (Å²) < 4.78 is 4.88. The van der Waals surface area contributed by atoms with E-state index in [1.807, 2.05) is 6.07 Å². The lowest BCUT2D eigenvalue weighted by molar-refractivity contribution is -0.137. The van der Waals surface area contributed by atoms with Gasteiger partial charge in [-0.2, -0.15) is 5.26 Å². The molecule has 0 atom stereocenters. The van der Waals surface area contributed by atoms with Crippen molar-refractivity contribution in [1.29, 1.82) is 5.26 Å². The monoisotopic (exact) mass is 269 g/mol. The Morgan fingerprint density at radius 1 is 1.42 bits per heavy atom. The number of rotatable bonds is 8. The SMILES string of the molecule is COCCN(CC(=O)O)C(=O)N(CCC#N)C1CC1. The van der Waals surface area contributed by atoms with E-state index in [1.165, 1.54) is 12.0 Å². The second kappa shape index (κ2) is 7.59. The number of hydrogen-bond acceptors (Lipinski definition) is 4. The van der Waals surface area contributed by atoms with Gasteiger partial charge in [-0.25, -0.2) is 4.79 Å². The van der Waals surface area contributed by atoms with Gasteiger partial charge >= 0.3 is 12.0 Å². The van der Waals surface area contributed by atoms with E-state index >= 15 is 0 Å². The number of ether oxygens (including phenoxy) is 1. The van der Waals surface area contributed by atoms with Crippen LogP contribution in [0.25, 0.3) is 0 Å². The van der Waals surface area contributed by atoms with Crippen LogP contribution in [0.15, 0.2) is 0 Å². The van der Waals surface area contributed by atoms with Crippen molar-refractivity contribution >= 4 is 12.0 Å². The summed E-state index contributed by atoms with van der Waals surface area (Å²) in [4.78, 5) is 25.9. The van der Waals surface area contributed by atoms with Crippen molar-refractivity contribution in [3.8, 4) is 6.07 Å². The van der Waals surface area contributed by atoms with Crippen LogP contribution in [0, 0.1) is 11.3 Å². The summed E-state index contributed by atoms with van der Waals surface area (Å²) in [6.45, 7) is 0.522. The topological polar surface area (TPSA) is 93.9 Å². The fraction of sp³-hybridized carbons (Fsp3) is 0.750. The highest BCUT2D eigenvalue weighted by molar-refractivity contribution is 5.80. The van der Waals surface area contributed by atoms with Crippen LogP contribution in [0.5, 0.6) is 0 Å². The maximum Gasteiger partial charge on any atom is 0.323 e. The van der Waals surface area contributed by atoms with Gasteiger partial charge in [-0.3, -0.25) is 4.79 Å². The van der Waals surface area contributed by atoms with Gasteiger partial charge in [-0.15, -0.1) is 0 Å². The minimum absolute atomic E-state index is 0.152. The van der Waals surface area contributed by atoms with Crippen LogP contribution in [0.4, 0.5) is 4.79 Å². The molecule has 0 unspecified atom stereocenters. The van der Waals surface area contributed by atoms with Crippen molar-refractivity contribution in [3.05, 3.63) is 0 Å². The van der Waals surface area contributed by atoms with Crippen molar-refractivity contribution in [3.63, 3.8) is 0 Å². The molecule has 2 amide bonds. The zero-order valence-corrected chi connectivity index (χ0v) is 11.0. The van der Waals surface area contributed by atoms with Crippen LogP contribution in [0.3, 0.4) is 0 Å². The molecule has 1 saturated carbocycles. The molecule has 1 N–H and O–H groups in total. The summed E-state index contributed by atoms with van der Waals surface area (Å²) >= 11 is 0. The number of methoxy groups -OCH3 is 1. The normalized spacial score (nSPS) is 13.7. The number of nitriles is 1. The van der Waals surface area contributed by atoms with Crippen LogP contribution in [-0.2, 0) is 9.53 Å². The van der Waals surface area contributed by atoms with E-state index in [4.69, 9.17) is 15.1 Å². The number of urea groups is 1. The number of hydrogen-bond donors (Lipinski definition) is 1. The summed E-state index contributed by atoms with van der Waals surface area (Å²) in [5.74, 6) is -1.06. The molecule has 1 aliphatic rings. The van der Waals surface area contributed by atoms with Crippen molar-refractivity contribution in [2.24, 2.45) is 0 Å². The smallest absolute Gasteiger partial charge is 0.323 e. The summed E-state index contributed by atoms with van der Waals surface area (Å²) in [6, 6.07) is 1.84. The van der Waals surface area contributed by atoms with E-state index < -0.39 is 5.97 Å². The van der Waals surface area contributed by atoms with Crippen LogP contribution in [0.1, 0.15) is 19.3 Å². The Hall–Kier alpha value is -1.81. The quantitative estimate of drug-likeness (QED) is 0.693. The van der Waals surface area contributed by atoms with Crippen LogP contribution >= 0.6 is 0 Å². The van der Waals surface area contributed by atoms with Crippen LogP contribution in [0.2, 0.25) is 0 Å². The first-order valence-electron chi connectivity index (χ1n) is 6.23. The predicted octanol–water partition coefficient (Wildman–Crippen LogP) is 0.517. The molecule has 1 rings (SSSR count). The second-order valence-corrected chi connectivity index (χ2v) is 4.42. The molecule has 0 saturated heterocycles. The zero-order valence-electron chi connectivity index (χ0n) is 11.0. The highest BCUT2D eigenvalue weighted by Gasteiger charge is 2.34. The number of amides is 2. The molecule has 0 radical (unpaired) electrons. The van der Waals surface area contributed by atoms with Crippen LogP contribution < -0.4 is 0 Å². The Morgan fingerprint density at radius 3 is 2.58 bits per heavy atom. The molecule has 1 aliphatic carbocycles. The lowest BCUT2D eigenvalue weighted by Gasteiger charge is -2.29. The number of carboxylic acids is 1. The van der Waals surface area contributed by atoms with E-state index in [0.717, 1.165) is 12.8 Å². The molecule has 0 aromatic carbocycles. The van der Waals surface area contributed by atoms with Gasteiger partial charge in [0.15, 0.2) is 0 Å². The number of carbonyl (C=O) groups is 2. The van der Waals surface area contributed by atoms with Gasteiger partial charge in [-0.05, 0) is 12.8 Å². The molecule has 0 heterocycles. The first-order valence-corrected chi connectivity index (χ1v) is 6.23. The third-order valence-electron chi connectivity index (χ3n) is 2.86. The average Bonchev–Trinajstić information content (AvgIpc) is 3.18. The van der Waals surface area contributed by atoms with Gasteiger partial charge < -0.3 is 19.6 Å². The molecule has 0 aromatic rings. The third-order valence-corrected chi connectivity index (χ3v) is 2.86. The fourth-order valence-electron chi connectivity index (χ4n) is 1.78. The van der Waals surface area contributed by atoms with Crippen molar-refractivity contribution in [2.45, 2.75) is 25.3 Å². The van der Waals surface area contributed by atoms with Gasteiger partial charge in [0.2, 0.25) is 0 Å².